The van der Waals surface area contributed by atoms with Crippen molar-refractivity contribution in [1.82, 2.24) is 9.88 Å². The Morgan fingerprint density at radius 2 is 1.97 bits per heavy atom. The van der Waals surface area contributed by atoms with Crippen LogP contribution >= 0.6 is 11.3 Å². The van der Waals surface area contributed by atoms with Crippen LogP contribution in [0.2, 0.25) is 0 Å². The highest BCUT2D eigenvalue weighted by Gasteiger charge is 2.19. The van der Waals surface area contributed by atoms with Crippen LogP contribution in [-0.2, 0) is 31.9 Å². The van der Waals surface area contributed by atoms with Gasteiger partial charge in [-0.25, -0.2) is 9.78 Å². The van der Waals surface area contributed by atoms with Crippen LogP contribution in [0, 0.1) is 5.92 Å². The van der Waals surface area contributed by atoms with Gasteiger partial charge < -0.3 is 14.4 Å². The molecular formula is C30H44N2O4S. The molecule has 2 rings (SSSR count). The second-order valence-electron chi connectivity index (χ2n) is 10.4. The molecule has 0 saturated carbocycles. The normalized spacial score (nSPS) is 24.4. The van der Waals surface area contributed by atoms with Gasteiger partial charge in [-0.15, -0.1) is 11.3 Å². The number of nitrogens with zero attached hydrogens (tertiary/aromatic N) is 2. The van der Waals surface area contributed by atoms with Gasteiger partial charge in [0.25, 0.3) is 0 Å². The highest BCUT2D eigenvalue weighted by Crippen LogP contribution is 2.21. The summed E-state index contributed by atoms with van der Waals surface area (Å²) in [6, 6.07) is 0. The third-order valence-electron chi connectivity index (χ3n) is 6.00. The molecule has 0 N–H and O–H groups in total. The Bertz CT molecular complexity index is 989. The van der Waals surface area contributed by atoms with E-state index < -0.39 is 0 Å². The van der Waals surface area contributed by atoms with Crippen molar-refractivity contribution in [3.63, 3.8) is 0 Å². The summed E-state index contributed by atoms with van der Waals surface area (Å²) in [5, 5.41) is 3.04. The molecule has 2 unspecified atom stereocenters. The average Bonchev–Trinajstić information content (AvgIpc) is 3.25. The smallest absolute Gasteiger partial charge is 0.331 e. The first-order valence-electron chi connectivity index (χ1n) is 13.3. The molecule has 7 heteroatoms. The lowest BCUT2D eigenvalue weighted by atomic mass is 10.00. The molecule has 1 aliphatic heterocycles. The maximum Gasteiger partial charge on any atom is 0.331 e. The van der Waals surface area contributed by atoms with Gasteiger partial charge in [0.1, 0.15) is 12.2 Å². The summed E-state index contributed by atoms with van der Waals surface area (Å²) >= 11 is 1.61. The molecule has 0 fully saturated rings. The van der Waals surface area contributed by atoms with Gasteiger partial charge in [-0.2, -0.15) is 0 Å². The van der Waals surface area contributed by atoms with Crippen molar-refractivity contribution >= 4 is 23.3 Å². The van der Waals surface area contributed by atoms with Crippen LogP contribution < -0.4 is 0 Å². The van der Waals surface area contributed by atoms with Crippen LogP contribution in [-0.4, -0.2) is 54.7 Å². The fraction of sp³-hybridized carbons (Fsp3) is 0.567. The Kier molecular flexibility index (Phi) is 13.6. The molecule has 204 valence electrons. The number of carbonyl (C=O) groups excluding carboxylic acids is 2. The van der Waals surface area contributed by atoms with E-state index in [9.17, 15) is 9.59 Å². The third-order valence-corrected chi connectivity index (χ3v) is 6.92. The van der Waals surface area contributed by atoms with Crippen molar-refractivity contribution in [2.24, 2.45) is 5.92 Å². The molecule has 0 amide bonds. The predicted molar refractivity (Wildman–Crippen MR) is 152 cm³/mol. The molecule has 0 aromatic carbocycles. The molecule has 1 aliphatic rings. The van der Waals surface area contributed by atoms with Crippen LogP contribution in [0.4, 0.5) is 0 Å². The minimum atomic E-state index is -0.360. The number of likely N-dealkylation sites (N-methyl/N-ethyl adjacent to an activating group) is 1. The Morgan fingerprint density at radius 1 is 1.22 bits per heavy atom. The zero-order valence-corrected chi connectivity index (χ0v) is 24.2. The summed E-state index contributed by atoms with van der Waals surface area (Å²) in [7, 11) is 4.11. The zero-order valence-electron chi connectivity index (χ0n) is 23.4. The predicted octanol–water partition coefficient (Wildman–Crippen LogP) is 6.24. The largest absolute Gasteiger partial charge is 0.462 e. The number of ether oxygens (including phenoxy) is 2. The number of rotatable bonds is 6. The lowest BCUT2D eigenvalue weighted by Gasteiger charge is -2.18. The summed E-state index contributed by atoms with van der Waals surface area (Å²) in [5.74, 6) is -0.279. The maximum atomic E-state index is 12.6. The number of thiazole rings is 1. The van der Waals surface area contributed by atoms with Crippen molar-refractivity contribution in [2.75, 3.05) is 20.6 Å². The van der Waals surface area contributed by atoms with E-state index >= 15 is 0 Å². The van der Waals surface area contributed by atoms with Crippen molar-refractivity contribution in [3.8, 4) is 0 Å². The molecule has 3 atom stereocenters. The lowest BCUT2D eigenvalue weighted by molar-refractivity contribution is -0.148. The first kappa shape index (κ1) is 30.7. The quantitative estimate of drug-likeness (QED) is 0.322. The highest BCUT2D eigenvalue weighted by atomic mass is 32.1. The number of hydrogen-bond donors (Lipinski definition) is 0. The number of esters is 2. The molecule has 2 heterocycles. The standard InChI is InChI=1S/C30H44N2O4S/c1-22(16-17-32(5)6)14-15-24(3)19-27-20-28-31-26(21-37-28)11-7-8-12-29(33)35-25(4)18-23(2)10-9-13-30(34)36-27/h9-10,13-16,21,24-25,27H,7-8,11-12,17-20H2,1-6H3/b13-9-,15-14+,22-16+,23-10+/t24?,25-,27?/m0/s1. The summed E-state index contributed by atoms with van der Waals surface area (Å²) in [6.45, 7) is 9.02. The van der Waals surface area contributed by atoms with Crippen molar-refractivity contribution < 1.29 is 19.1 Å². The van der Waals surface area contributed by atoms with E-state index in [1.54, 1.807) is 17.4 Å². The molecule has 37 heavy (non-hydrogen) atoms. The van der Waals surface area contributed by atoms with Crippen LogP contribution in [0.1, 0.15) is 70.5 Å². The van der Waals surface area contributed by atoms with Crippen LogP contribution in [0.5, 0.6) is 0 Å². The molecule has 2 bridgehead atoms. The number of carbonyl (C=O) groups is 2. The molecule has 0 aliphatic carbocycles. The molecule has 0 saturated heterocycles. The molecular weight excluding hydrogens is 484 g/mol. The monoisotopic (exact) mass is 528 g/mol. The van der Waals surface area contributed by atoms with Crippen LogP contribution in [0.15, 0.2) is 53.0 Å². The van der Waals surface area contributed by atoms with E-state index in [0.29, 0.717) is 19.3 Å². The van der Waals surface area contributed by atoms with Gasteiger partial charge in [0.15, 0.2) is 0 Å². The van der Waals surface area contributed by atoms with Gasteiger partial charge >= 0.3 is 11.9 Å². The van der Waals surface area contributed by atoms with Gasteiger partial charge in [-0.3, -0.25) is 4.79 Å². The molecule has 0 radical (unpaired) electrons. The number of aromatic nitrogens is 1. The first-order chi connectivity index (χ1) is 17.6. The van der Waals surface area contributed by atoms with Gasteiger partial charge in [-0.1, -0.05) is 48.5 Å². The van der Waals surface area contributed by atoms with E-state index in [1.807, 2.05) is 19.9 Å². The van der Waals surface area contributed by atoms with Gasteiger partial charge in [0, 0.05) is 37.3 Å². The molecule has 0 spiro atoms. The number of aryl methyl sites for hydroxylation is 1. The van der Waals surface area contributed by atoms with E-state index in [2.05, 4.69) is 56.5 Å². The molecule has 1 aromatic heterocycles. The Hall–Kier alpha value is -2.51. The zero-order chi connectivity index (χ0) is 27.2. The Balaban J connectivity index is 2.14. The summed E-state index contributed by atoms with van der Waals surface area (Å²) in [4.78, 5) is 31.7. The average molecular weight is 529 g/mol. The van der Waals surface area contributed by atoms with Crippen molar-refractivity contribution in [2.45, 2.75) is 84.8 Å². The van der Waals surface area contributed by atoms with Crippen molar-refractivity contribution in [1.29, 1.82) is 0 Å². The summed E-state index contributed by atoms with van der Waals surface area (Å²) in [5.41, 5.74) is 3.28. The minimum Gasteiger partial charge on any atom is -0.462 e. The van der Waals surface area contributed by atoms with Gasteiger partial charge in [0.2, 0.25) is 0 Å². The second kappa shape index (κ2) is 16.4. The van der Waals surface area contributed by atoms with E-state index in [4.69, 9.17) is 14.5 Å². The van der Waals surface area contributed by atoms with Gasteiger partial charge in [0.05, 0.1) is 10.7 Å². The second-order valence-corrected chi connectivity index (χ2v) is 11.3. The van der Waals surface area contributed by atoms with E-state index in [0.717, 1.165) is 48.5 Å². The number of cyclic esters (lactones) is 2. The van der Waals surface area contributed by atoms with E-state index in [1.165, 1.54) is 11.6 Å². The highest BCUT2D eigenvalue weighted by molar-refractivity contribution is 7.09. The summed E-state index contributed by atoms with van der Waals surface area (Å²) < 4.78 is 11.4. The Labute approximate surface area is 227 Å². The number of fused-ring (bicyclic) bond motifs is 2. The fourth-order valence-corrected chi connectivity index (χ4v) is 4.94. The lowest BCUT2D eigenvalue weighted by Crippen LogP contribution is -2.22. The first-order valence-corrected chi connectivity index (χ1v) is 14.2. The van der Waals surface area contributed by atoms with Crippen LogP contribution in [0.3, 0.4) is 0 Å². The minimum absolute atomic E-state index is 0.161. The van der Waals surface area contributed by atoms with Crippen LogP contribution in [0.25, 0.3) is 0 Å². The fourth-order valence-electron chi connectivity index (χ4n) is 4.05. The SMILES string of the molecule is CC(/C=C/C(C)CC1Cc2nc(cs2)CCCCC(=O)O[C@@H](C)C/C(C)=C/C=C\C(=O)O1)=C\CN(C)C. The number of hydrogen-bond acceptors (Lipinski definition) is 7. The van der Waals surface area contributed by atoms with Gasteiger partial charge in [-0.05, 0) is 66.5 Å². The third kappa shape index (κ3) is 13.6. The van der Waals surface area contributed by atoms with Crippen molar-refractivity contribution in [3.05, 3.63) is 63.7 Å². The maximum absolute atomic E-state index is 12.6. The molecule has 1 aromatic rings. The summed E-state index contributed by atoms with van der Waals surface area (Å²) in [6.07, 6.45) is 16.0. The number of allylic oxidation sites excluding steroid dienone is 5. The molecule has 6 nitrogen and oxygen atoms in total. The van der Waals surface area contributed by atoms with E-state index in [-0.39, 0.29) is 30.1 Å². The topological polar surface area (TPSA) is 68.7 Å². The Morgan fingerprint density at radius 3 is 2.73 bits per heavy atom.